The normalized spacial score (nSPS) is 24.2. The Labute approximate surface area is 810 Å². The van der Waals surface area contributed by atoms with Gasteiger partial charge in [0.2, 0.25) is 94.5 Å². The highest BCUT2D eigenvalue weighted by Crippen LogP contribution is 2.29. The number of rotatable bonds is 29. The molecular weight excluding hydrogens is 1840 g/mol. The van der Waals surface area contributed by atoms with Crippen LogP contribution >= 0.6 is 11.8 Å². The van der Waals surface area contributed by atoms with E-state index >= 15 is 43.2 Å². The summed E-state index contributed by atoms with van der Waals surface area (Å²) in [5.41, 5.74) is 19.4. The zero-order valence-electron chi connectivity index (χ0n) is 78.8. The number of thioether (sulfide) groups is 1. The third kappa shape index (κ3) is 30.4. The van der Waals surface area contributed by atoms with Crippen molar-refractivity contribution in [3.8, 4) is 5.75 Å². The van der Waals surface area contributed by atoms with Gasteiger partial charge in [-0.05, 0) is 106 Å². The Bertz CT molecular complexity index is 5430. The fourth-order valence-corrected chi connectivity index (χ4v) is 18.0. The fourth-order valence-electron chi connectivity index (χ4n) is 17.1. The average molecular weight is 1970 g/mol. The molecule has 25 N–H and O–H groups in total. The largest absolute Gasteiger partial charge is 0.508 e. The van der Waals surface area contributed by atoms with Crippen molar-refractivity contribution in [2.75, 3.05) is 72.0 Å². The number of nitrogens with zero attached hydrogens (tertiary/aromatic N) is 7. The average Bonchev–Trinajstić information content (AvgIpc) is 1.60. The summed E-state index contributed by atoms with van der Waals surface area (Å²) in [6, 6.07) is -3.80. The minimum absolute atomic E-state index is 0.00738. The molecule has 47 nitrogen and oxygen atoms in total. The molecule has 3 fully saturated rings. The number of nitrogens with one attached hydrogen (secondary N) is 14. The highest BCUT2D eigenvalue weighted by atomic mass is 32.2. The maximum absolute atomic E-state index is 15.9. The summed E-state index contributed by atoms with van der Waals surface area (Å²) in [5, 5.41) is 90.7. The molecule has 6 aromatic rings. The Morgan fingerprint density at radius 2 is 1.14 bits per heavy atom. The first-order valence-corrected chi connectivity index (χ1v) is 47.5. The van der Waals surface area contributed by atoms with Crippen LogP contribution in [-0.2, 0) is 119 Å². The van der Waals surface area contributed by atoms with Gasteiger partial charge in [0.1, 0.15) is 96.9 Å². The number of unbranched alkanes of at least 4 members (excludes halogenated alkanes) is 2. The van der Waals surface area contributed by atoms with Gasteiger partial charge in [0, 0.05) is 131 Å². The number of fused-ring (bicyclic) bond motifs is 4. The topological polar surface area (TPSA) is 708 Å². The Morgan fingerprint density at radius 3 is 1.79 bits per heavy atom. The van der Waals surface area contributed by atoms with Gasteiger partial charge in [-0.3, -0.25) is 91.7 Å². The van der Waals surface area contributed by atoms with Gasteiger partial charge in [0.25, 0.3) is 0 Å². The molecule has 3 aromatic heterocycles. The van der Waals surface area contributed by atoms with Crippen molar-refractivity contribution in [3.63, 3.8) is 0 Å². The first-order chi connectivity index (χ1) is 66.7. The second-order valence-corrected chi connectivity index (χ2v) is 36.1. The van der Waals surface area contributed by atoms with Gasteiger partial charge in [-0.25, -0.2) is 4.98 Å². The maximum Gasteiger partial charge on any atom is 0.323 e. The standard InChI is InChI=1S/C92H128N24O23S/c1-7-9-21-70-84(132)103-60(20-15-33-98-92(95)96)80(128)110-68(79(127)100-42-74(94)120)47-140-48-75(121)102-65(35-51-25-27-55(118)28-26-51)87(135)111(4)50(3)78(126)104-62(31-32-93)89(137)115-34-16-24-71(115)85(133)107-64(38-54-41-97-49-101-54)82(130)105-61(29-30-76(122)123)90(138)116-44-56(119)39-73(116)86(134)106-63(36-52-40-99-59-19-13-11-17-57(52)59)81(129)109-67(46-117)83(131)108-66(88(136)113(6)72(22-10-8-2)91(139)112(70)5)37-53-43-114(45-77(124)125)69-23-14-12-18-58(53)69/h11-14,17-19,23,25-28,40-41,43,49-50,56,60-68,70-73,99,117-119H,7-10,15-16,20-22,24,29-39,42,44-48,93H2,1-6H3,(H2,94,120)(H,97,101)(H,100,127)(H,102,121)(H,103,132)(H,104,126)(H,105,130)(H,106,134)(H,107,133)(H,108,131)(H,109,129)(H,110,128)(H,122,123)(H,124,125)(H4,95,96,98)/t50-,56+,60-,61-,62-,63-,64-,65-,66-,67-,68-,70-,71-,72-,73-/m0/s1. The number of para-hydroxylation sites is 2. The molecular formula is C92H128N24O23S. The first-order valence-electron chi connectivity index (χ1n) is 46.4. The molecule has 9 rings (SSSR count). The molecule has 0 radical (unpaired) electrons. The highest BCUT2D eigenvalue weighted by Gasteiger charge is 2.47. The van der Waals surface area contributed by atoms with Crippen LogP contribution in [0.4, 0.5) is 0 Å². The van der Waals surface area contributed by atoms with Gasteiger partial charge in [-0.1, -0.05) is 88.1 Å². The van der Waals surface area contributed by atoms with Crippen molar-refractivity contribution in [2.24, 2.45) is 17.2 Å². The van der Waals surface area contributed by atoms with Crippen LogP contribution in [0.3, 0.4) is 0 Å². The molecule has 760 valence electrons. The number of aromatic hydroxyl groups is 1. The summed E-state index contributed by atoms with van der Waals surface area (Å²) in [5.74, 6) is -20.1. The van der Waals surface area contributed by atoms with Crippen molar-refractivity contribution >= 4 is 146 Å². The van der Waals surface area contributed by atoms with Gasteiger partial charge in [0.15, 0.2) is 5.96 Å². The van der Waals surface area contributed by atoms with Crippen LogP contribution in [0.25, 0.3) is 21.8 Å². The number of aliphatic hydroxyl groups excluding tert-OH is 2. The number of amides is 16. The van der Waals surface area contributed by atoms with E-state index in [2.05, 4.69) is 73.4 Å². The zero-order valence-corrected chi connectivity index (χ0v) is 79.7. The summed E-state index contributed by atoms with van der Waals surface area (Å²) >= 11 is 0.755. The van der Waals surface area contributed by atoms with Crippen molar-refractivity contribution in [2.45, 2.75) is 234 Å². The van der Waals surface area contributed by atoms with Crippen LogP contribution in [-0.4, -0.2) is 345 Å². The van der Waals surface area contributed by atoms with Crippen LogP contribution < -0.4 is 75.7 Å². The molecule has 0 saturated carbocycles. The second kappa shape index (κ2) is 52.5. The molecule has 15 atom stereocenters. The number of guanidine groups is 1. The lowest BCUT2D eigenvalue weighted by atomic mass is 10.00. The molecule has 0 aliphatic carbocycles. The number of hydrogen-bond acceptors (Lipinski definition) is 25. The predicted octanol–water partition coefficient (Wildman–Crippen LogP) is -4.08. The van der Waals surface area contributed by atoms with Crippen LogP contribution in [0.5, 0.6) is 5.75 Å². The smallest absolute Gasteiger partial charge is 0.323 e. The van der Waals surface area contributed by atoms with Gasteiger partial charge in [-0.15, -0.1) is 11.8 Å². The monoisotopic (exact) mass is 1970 g/mol. The molecule has 6 heterocycles. The number of carbonyl (C=O) groups excluding carboxylic acids is 16. The van der Waals surface area contributed by atoms with E-state index in [9.17, 15) is 68.7 Å². The number of aromatic nitrogens is 4. The van der Waals surface area contributed by atoms with E-state index in [1.807, 2.05) is 0 Å². The highest BCUT2D eigenvalue weighted by molar-refractivity contribution is 8.00. The Hall–Kier alpha value is -14.3. The number of carboxylic acid groups (broad SMARTS) is 2. The van der Waals surface area contributed by atoms with E-state index in [1.54, 1.807) is 62.4 Å². The maximum atomic E-state index is 15.9. The van der Waals surface area contributed by atoms with Crippen LogP contribution in [0.1, 0.15) is 133 Å². The minimum Gasteiger partial charge on any atom is -0.508 e. The number of phenols is 1. The van der Waals surface area contributed by atoms with Gasteiger partial charge in [-0.2, -0.15) is 0 Å². The third-order valence-corrected chi connectivity index (χ3v) is 25.8. The molecule has 0 bridgehead atoms. The number of phenolic OH excluding ortho intramolecular Hbond substituents is 1. The number of primary amides is 1. The van der Waals surface area contributed by atoms with E-state index in [4.69, 9.17) is 22.6 Å². The van der Waals surface area contributed by atoms with E-state index < -0.39 is 273 Å². The minimum atomic E-state index is -2.01. The first kappa shape index (κ1) is 109. The molecule has 48 heteroatoms. The van der Waals surface area contributed by atoms with Crippen LogP contribution in [0.15, 0.2) is 97.7 Å². The van der Waals surface area contributed by atoms with Crippen LogP contribution in [0, 0.1) is 5.41 Å². The van der Waals surface area contributed by atoms with Crippen molar-refractivity contribution < 1.29 is 112 Å². The number of aliphatic hydroxyl groups is 2. The number of H-pyrrole nitrogens is 2. The predicted molar refractivity (Wildman–Crippen MR) is 508 cm³/mol. The van der Waals surface area contributed by atoms with Crippen molar-refractivity contribution in [1.29, 1.82) is 5.41 Å². The Kier molecular flexibility index (Phi) is 41.0. The number of carboxylic acids is 2. The molecule has 3 saturated heterocycles. The van der Waals surface area contributed by atoms with E-state index in [1.165, 1.54) is 81.8 Å². The number of likely N-dealkylation sites (N-methyl/N-ethyl adjacent to an activating group) is 3. The van der Waals surface area contributed by atoms with Gasteiger partial charge < -0.3 is 140 Å². The summed E-state index contributed by atoms with van der Waals surface area (Å²) in [6.45, 7) is 1.46. The number of benzene rings is 3. The summed E-state index contributed by atoms with van der Waals surface area (Å²) in [6.07, 6.45) is 1.59. The van der Waals surface area contributed by atoms with Crippen molar-refractivity contribution in [3.05, 3.63) is 120 Å². The van der Waals surface area contributed by atoms with Crippen LogP contribution in [0.2, 0.25) is 0 Å². The molecule has 0 unspecified atom stereocenters. The summed E-state index contributed by atoms with van der Waals surface area (Å²) in [7, 11) is 3.82. The van der Waals surface area contributed by atoms with E-state index in [0.29, 0.717) is 45.8 Å². The lowest BCUT2D eigenvalue weighted by molar-refractivity contribution is -0.149. The number of aromatic amines is 2. The zero-order chi connectivity index (χ0) is 102. The Balaban J connectivity index is 1.12. The molecule has 140 heavy (non-hydrogen) atoms. The molecule has 0 spiro atoms. The molecule has 16 amide bonds. The van der Waals surface area contributed by atoms with E-state index in [-0.39, 0.29) is 107 Å². The number of carbonyl (C=O) groups is 18. The fraction of sp³-hybridized carbons (Fsp3) is 0.522. The number of aliphatic carboxylic acids is 2. The summed E-state index contributed by atoms with van der Waals surface area (Å²) < 4.78 is 1.39. The summed E-state index contributed by atoms with van der Waals surface area (Å²) in [4.78, 5) is 278. The number of nitrogens with two attached hydrogens (primary N) is 3. The third-order valence-electron chi connectivity index (χ3n) is 24.8. The Morgan fingerprint density at radius 1 is 0.564 bits per heavy atom. The number of hydrogen-bond donors (Lipinski definition) is 22. The molecule has 3 aromatic carbocycles. The SMILES string of the molecule is CCCC[C@H]1C(=O)N(C)[C@@H](CCCC)C(=O)N[C@@H](CCCNC(=N)N)C(=O)N[C@H](C(=O)NCC(N)=O)CSCC(=O)N[C@@H](Cc2ccc(O)cc2)C(=O)N(C)[C@@H](C)C(=O)N[C@@H](CCN)C(=O)N2CCC[C@H]2C(=O)N[C@@H](Cc2cnc[nH]2)C(=O)N[C@@H](CCC(=O)O)C(=O)N2C[C@H](O)C[C@H]2C(=O)N[C@@H](Cc2c[nH]c3ccccc23)C(=O)N[C@@H](CO)C(=O)N[C@@H](Cc2cn(CC(=O)O)c3ccccc23)C(=O)N1C. The lowest BCUT2D eigenvalue weighted by Crippen LogP contribution is -2.61. The number of imidazole rings is 1. The molecule has 3 aliphatic rings. The van der Waals surface area contributed by atoms with E-state index in [0.717, 1.165) is 36.3 Å². The van der Waals surface area contributed by atoms with Gasteiger partial charge >= 0.3 is 11.9 Å². The second-order valence-electron chi connectivity index (χ2n) is 35.0. The quantitative estimate of drug-likeness (QED) is 0.0121. The molecule has 3 aliphatic heterocycles. The van der Waals surface area contributed by atoms with Crippen molar-refractivity contribution in [1.82, 2.24) is 103 Å². The lowest BCUT2D eigenvalue weighted by Gasteiger charge is -2.36. The van der Waals surface area contributed by atoms with Gasteiger partial charge in [0.05, 0.1) is 31.3 Å².